The molecular weight excluding hydrogens is 208 g/mol. The van der Waals surface area contributed by atoms with E-state index in [0.29, 0.717) is 0 Å². The van der Waals surface area contributed by atoms with Gasteiger partial charge >= 0.3 is 0 Å². The van der Waals surface area contributed by atoms with E-state index < -0.39 is 11.6 Å². The summed E-state index contributed by atoms with van der Waals surface area (Å²) < 4.78 is 25.9. The Bertz CT molecular complexity index is 337. The molecule has 90 valence electrons. The summed E-state index contributed by atoms with van der Waals surface area (Å²) in [5.41, 5.74) is 6.56. The Morgan fingerprint density at radius 2 is 1.88 bits per heavy atom. The molecule has 0 fully saturated rings. The molecule has 3 heteroatoms. The zero-order chi connectivity index (χ0) is 12.1. The number of hydrogen-bond acceptors (Lipinski definition) is 1. The SMILES string of the molecule is CCC(CCC(C)N)c1ccc(F)c(F)c1. The van der Waals surface area contributed by atoms with Crippen LogP contribution in [-0.2, 0) is 0 Å². The maximum absolute atomic E-state index is 13.1. The maximum Gasteiger partial charge on any atom is 0.159 e. The Balaban J connectivity index is 2.74. The first kappa shape index (κ1) is 13.1. The summed E-state index contributed by atoms with van der Waals surface area (Å²) in [7, 11) is 0. The molecule has 0 saturated heterocycles. The lowest BCUT2D eigenvalue weighted by Gasteiger charge is -2.16. The van der Waals surface area contributed by atoms with Crippen molar-refractivity contribution in [2.24, 2.45) is 5.73 Å². The van der Waals surface area contributed by atoms with E-state index in [2.05, 4.69) is 0 Å². The highest BCUT2D eigenvalue weighted by Gasteiger charge is 2.12. The van der Waals surface area contributed by atoms with Gasteiger partial charge in [0, 0.05) is 6.04 Å². The first-order valence-corrected chi connectivity index (χ1v) is 5.75. The lowest BCUT2D eigenvalue weighted by molar-refractivity contribution is 0.496. The second kappa shape index (κ2) is 5.94. The number of halogens is 2. The summed E-state index contributed by atoms with van der Waals surface area (Å²) >= 11 is 0. The van der Waals surface area contributed by atoms with E-state index in [1.807, 2.05) is 13.8 Å². The number of hydrogen-bond donors (Lipinski definition) is 1. The summed E-state index contributed by atoms with van der Waals surface area (Å²) in [4.78, 5) is 0. The molecule has 1 aromatic carbocycles. The summed E-state index contributed by atoms with van der Waals surface area (Å²) in [6.45, 7) is 4.01. The van der Waals surface area contributed by atoms with Crippen molar-refractivity contribution in [1.82, 2.24) is 0 Å². The monoisotopic (exact) mass is 227 g/mol. The average molecular weight is 227 g/mol. The molecule has 1 nitrogen and oxygen atoms in total. The largest absolute Gasteiger partial charge is 0.328 e. The topological polar surface area (TPSA) is 26.0 Å². The van der Waals surface area contributed by atoms with Crippen LogP contribution in [0, 0.1) is 11.6 Å². The Kier molecular flexibility index (Phi) is 4.87. The zero-order valence-electron chi connectivity index (χ0n) is 9.84. The fraction of sp³-hybridized carbons (Fsp3) is 0.538. The minimum absolute atomic E-state index is 0.152. The van der Waals surface area contributed by atoms with Gasteiger partial charge in [0.15, 0.2) is 11.6 Å². The van der Waals surface area contributed by atoms with Crippen molar-refractivity contribution >= 4 is 0 Å². The standard InChI is InChI=1S/C13H19F2N/c1-3-10(5-4-9(2)16)11-6-7-12(14)13(15)8-11/h6-10H,3-5,16H2,1-2H3. The van der Waals surface area contributed by atoms with Gasteiger partial charge in [-0.15, -0.1) is 0 Å². The van der Waals surface area contributed by atoms with Gasteiger partial charge in [-0.2, -0.15) is 0 Å². The van der Waals surface area contributed by atoms with Gasteiger partial charge in [0.1, 0.15) is 0 Å². The van der Waals surface area contributed by atoms with Gasteiger partial charge in [-0.1, -0.05) is 13.0 Å². The van der Waals surface area contributed by atoms with Gasteiger partial charge in [-0.05, 0) is 49.8 Å². The molecule has 2 atom stereocenters. The smallest absolute Gasteiger partial charge is 0.159 e. The molecule has 0 aromatic heterocycles. The van der Waals surface area contributed by atoms with Crippen molar-refractivity contribution in [2.75, 3.05) is 0 Å². The van der Waals surface area contributed by atoms with E-state index in [1.54, 1.807) is 6.07 Å². The molecule has 2 unspecified atom stereocenters. The van der Waals surface area contributed by atoms with Crippen LogP contribution in [0.5, 0.6) is 0 Å². The van der Waals surface area contributed by atoms with Crippen LogP contribution < -0.4 is 5.73 Å². The fourth-order valence-electron chi connectivity index (χ4n) is 1.84. The predicted molar refractivity (Wildman–Crippen MR) is 62.3 cm³/mol. The lowest BCUT2D eigenvalue weighted by Crippen LogP contribution is -2.15. The second-order valence-corrected chi connectivity index (χ2v) is 4.33. The third-order valence-corrected chi connectivity index (χ3v) is 2.88. The Morgan fingerprint density at radius 3 is 2.38 bits per heavy atom. The van der Waals surface area contributed by atoms with Gasteiger partial charge in [-0.3, -0.25) is 0 Å². The third kappa shape index (κ3) is 3.56. The highest BCUT2D eigenvalue weighted by atomic mass is 19.2. The molecule has 0 radical (unpaired) electrons. The summed E-state index contributed by atoms with van der Waals surface area (Å²) in [5.74, 6) is -1.29. The molecule has 0 bridgehead atoms. The number of benzene rings is 1. The molecular formula is C13H19F2N. The van der Waals surface area contributed by atoms with Gasteiger partial charge < -0.3 is 5.73 Å². The van der Waals surface area contributed by atoms with Crippen LogP contribution in [-0.4, -0.2) is 6.04 Å². The third-order valence-electron chi connectivity index (χ3n) is 2.88. The molecule has 0 amide bonds. The van der Waals surface area contributed by atoms with Gasteiger partial charge in [0.05, 0.1) is 0 Å². The van der Waals surface area contributed by atoms with Crippen molar-refractivity contribution in [2.45, 2.75) is 45.1 Å². The van der Waals surface area contributed by atoms with E-state index in [4.69, 9.17) is 5.73 Å². The molecule has 2 N–H and O–H groups in total. The van der Waals surface area contributed by atoms with E-state index in [9.17, 15) is 8.78 Å². The van der Waals surface area contributed by atoms with Gasteiger partial charge in [-0.25, -0.2) is 8.78 Å². The Labute approximate surface area is 95.7 Å². The fourth-order valence-corrected chi connectivity index (χ4v) is 1.84. The first-order valence-electron chi connectivity index (χ1n) is 5.75. The van der Waals surface area contributed by atoms with E-state index in [1.165, 1.54) is 12.1 Å². The van der Waals surface area contributed by atoms with Crippen LogP contribution in [0.3, 0.4) is 0 Å². The molecule has 0 saturated carbocycles. The average Bonchev–Trinajstić information content (AvgIpc) is 2.23. The predicted octanol–water partition coefficient (Wildman–Crippen LogP) is 3.59. The number of nitrogens with two attached hydrogens (primary N) is 1. The summed E-state index contributed by atoms with van der Waals surface area (Å²) in [6, 6.07) is 4.30. The molecule has 0 aliphatic heterocycles. The van der Waals surface area contributed by atoms with Crippen LogP contribution in [0.1, 0.15) is 44.6 Å². The van der Waals surface area contributed by atoms with Crippen molar-refractivity contribution in [1.29, 1.82) is 0 Å². The minimum Gasteiger partial charge on any atom is -0.328 e. The molecule has 1 aromatic rings. The van der Waals surface area contributed by atoms with Gasteiger partial charge in [0.2, 0.25) is 0 Å². The van der Waals surface area contributed by atoms with Crippen molar-refractivity contribution in [3.63, 3.8) is 0 Å². The van der Waals surface area contributed by atoms with E-state index in [-0.39, 0.29) is 12.0 Å². The molecule has 1 rings (SSSR count). The summed E-state index contributed by atoms with van der Waals surface area (Å²) in [5, 5.41) is 0. The normalized spacial score (nSPS) is 14.8. The molecule has 0 aliphatic rings. The first-order chi connectivity index (χ1) is 7.54. The number of rotatable bonds is 5. The Hall–Kier alpha value is -0.960. The highest BCUT2D eigenvalue weighted by molar-refractivity contribution is 5.21. The molecule has 0 spiro atoms. The highest BCUT2D eigenvalue weighted by Crippen LogP contribution is 2.26. The van der Waals surface area contributed by atoms with Crippen LogP contribution in [0.4, 0.5) is 8.78 Å². The van der Waals surface area contributed by atoms with Crippen LogP contribution in [0.25, 0.3) is 0 Å². The molecule has 16 heavy (non-hydrogen) atoms. The van der Waals surface area contributed by atoms with E-state index >= 15 is 0 Å². The molecule has 0 heterocycles. The van der Waals surface area contributed by atoms with Crippen molar-refractivity contribution in [3.8, 4) is 0 Å². The van der Waals surface area contributed by atoms with Gasteiger partial charge in [0.25, 0.3) is 0 Å². The molecule has 0 aliphatic carbocycles. The van der Waals surface area contributed by atoms with Crippen LogP contribution >= 0.6 is 0 Å². The summed E-state index contributed by atoms with van der Waals surface area (Å²) in [6.07, 6.45) is 2.73. The quantitative estimate of drug-likeness (QED) is 0.817. The Morgan fingerprint density at radius 1 is 1.19 bits per heavy atom. The minimum atomic E-state index is -0.786. The van der Waals surface area contributed by atoms with Crippen molar-refractivity contribution in [3.05, 3.63) is 35.4 Å². The second-order valence-electron chi connectivity index (χ2n) is 4.33. The van der Waals surface area contributed by atoms with Crippen LogP contribution in [0.15, 0.2) is 18.2 Å². The maximum atomic E-state index is 13.1. The zero-order valence-corrected chi connectivity index (χ0v) is 9.84. The van der Waals surface area contributed by atoms with Crippen molar-refractivity contribution < 1.29 is 8.78 Å². The van der Waals surface area contributed by atoms with Crippen LogP contribution in [0.2, 0.25) is 0 Å². The lowest BCUT2D eigenvalue weighted by atomic mass is 9.90. The van der Waals surface area contributed by atoms with E-state index in [0.717, 1.165) is 24.8 Å².